The largest absolute Gasteiger partial charge is 0.297 e. The SMILES string of the molecule is Cc1ccc(S(=O)(=O)O[C@@H]2C[C@@H]3CC[C@H]2C3)cc1. The molecule has 0 aliphatic heterocycles. The number of benzene rings is 1. The molecule has 2 fully saturated rings. The van der Waals surface area contributed by atoms with Crippen LogP contribution in [-0.2, 0) is 14.3 Å². The molecule has 4 heteroatoms. The zero-order valence-corrected chi connectivity index (χ0v) is 11.3. The minimum atomic E-state index is -3.58. The molecular weight excluding hydrogens is 248 g/mol. The van der Waals surface area contributed by atoms with E-state index in [1.165, 1.54) is 6.42 Å². The highest BCUT2D eigenvalue weighted by Gasteiger charge is 2.42. The van der Waals surface area contributed by atoms with Crippen molar-refractivity contribution in [1.29, 1.82) is 0 Å². The third-order valence-electron chi connectivity index (χ3n) is 4.23. The van der Waals surface area contributed by atoms with E-state index in [1.807, 2.05) is 6.92 Å². The Morgan fingerprint density at radius 3 is 2.39 bits per heavy atom. The molecule has 0 amide bonds. The lowest BCUT2D eigenvalue weighted by Gasteiger charge is -2.21. The van der Waals surface area contributed by atoms with Gasteiger partial charge in [-0.2, -0.15) is 8.42 Å². The maximum Gasteiger partial charge on any atom is 0.297 e. The highest BCUT2D eigenvalue weighted by Crippen LogP contribution is 2.46. The zero-order chi connectivity index (χ0) is 12.8. The molecule has 3 nitrogen and oxygen atoms in total. The van der Waals surface area contributed by atoms with E-state index in [0.29, 0.717) is 11.8 Å². The maximum absolute atomic E-state index is 12.2. The van der Waals surface area contributed by atoms with Crippen LogP contribution in [0, 0.1) is 18.8 Å². The first kappa shape index (κ1) is 12.2. The number of aryl methyl sites for hydroxylation is 1. The molecule has 2 aliphatic carbocycles. The Hall–Kier alpha value is -0.870. The molecule has 2 bridgehead atoms. The second kappa shape index (κ2) is 4.35. The molecule has 1 aromatic rings. The average molecular weight is 266 g/mol. The summed E-state index contributed by atoms with van der Waals surface area (Å²) in [6.45, 7) is 1.94. The third-order valence-corrected chi connectivity index (χ3v) is 5.58. The molecule has 3 atom stereocenters. The van der Waals surface area contributed by atoms with Crippen molar-refractivity contribution in [1.82, 2.24) is 0 Å². The summed E-state index contributed by atoms with van der Waals surface area (Å²) in [6.07, 6.45) is 4.34. The Morgan fingerprint density at radius 1 is 1.11 bits per heavy atom. The van der Waals surface area contributed by atoms with Gasteiger partial charge in [0.1, 0.15) is 0 Å². The first-order chi connectivity index (χ1) is 8.54. The van der Waals surface area contributed by atoms with Gasteiger partial charge in [0.15, 0.2) is 0 Å². The van der Waals surface area contributed by atoms with Gasteiger partial charge < -0.3 is 0 Å². The van der Waals surface area contributed by atoms with Gasteiger partial charge in [0.05, 0.1) is 11.0 Å². The van der Waals surface area contributed by atoms with Crippen LogP contribution in [0.25, 0.3) is 0 Å². The molecule has 0 unspecified atom stereocenters. The van der Waals surface area contributed by atoms with Crippen molar-refractivity contribution >= 4 is 10.1 Å². The molecule has 98 valence electrons. The standard InChI is InChI=1S/C14H18O3S/c1-10-2-6-13(7-3-10)18(15,16)17-14-9-11-4-5-12(14)8-11/h2-3,6-7,11-12,14H,4-5,8-9H2,1H3/t11-,12+,14-/m1/s1. The van der Waals surface area contributed by atoms with E-state index in [-0.39, 0.29) is 11.0 Å². The fourth-order valence-corrected chi connectivity index (χ4v) is 4.37. The molecule has 0 N–H and O–H groups in total. The van der Waals surface area contributed by atoms with Gasteiger partial charge in [-0.25, -0.2) is 0 Å². The lowest BCUT2D eigenvalue weighted by molar-refractivity contribution is 0.145. The Bertz CT molecular complexity index is 533. The van der Waals surface area contributed by atoms with Crippen molar-refractivity contribution in [2.45, 2.75) is 43.6 Å². The van der Waals surface area contributed by atoms with Crippen molar-refractivity contribution in [2.24, 2.45) is 11.8 Å². The lowest BCUT2D eigenvalue weighted by Crippen LogP contribution is -2.24. The Morgan fingerprint density at radius 2 is 1.83 bits per heavy atom. The highest BCUT2D eigenvalue weighted by atomic mass is 32.2. The normalized spacial score (nSPS) is 30.8. The summed E-state index contributed by atoms with van der Waals surface area (Å²) in [5.74, 6) is 1.14. The predicted molar refractivity (Wildman–Crippen MR) is 68.7 cm³/mol. The fourth-order valence-electron chi connectivity index (χ4n) is 3.23. The summed E-state index contributed by atoms with van der Waals surface area (Å²) in [4.78, 5) is 0.274. The molecule has 2 aliphatic rings. The van der Waals surface area contributed by atoms with E-state index in [1.54, 1.807) is 24.3 Å². The highest BCUT2D eigenvalue weighted by molar-refractivity contribution is 7.86. The maximum atomic E-state index is 12.2. The van der Waals surface area contributed by atoms with Gasteiger partial charge in [-0.1, -0.05) is 17.7 Å². The zero-order valence-electron chi connectivity index (χ0n) is 10.5. The summed E-state index contributed by atoms with van der Waals surface area (Å²) in [5, 5.41) is 0. The third kappa shape index (κ3) is 2.19. The van der Waals surface area contributed by atoms with Gasteiger partial charge in [0.2, 0.25) is 0 Å². The first-order valence-corrected chi connectivity index (χ1v) is 7.95. The van der Waals surface area contributed by atoms with Crippen LogP contribution in [0.15, 0.2) is 29.2 Å². The van der Waals surface area contributed by atoms with Crippen molar-refractivity contribution in [3.05, 3.63) is 29.8 Å². The minimum Gasteiger partial charge on any atom is -0.263 e. The summed E-state index contributed by atoms with van der Waals surface area (Å²) in [7, 11) is -3.58. The average Bonchev–Trinajstić information content (AvgIpc) is 2.91. The summed E-state index contributed by atoms with van der Waals surface area (Å²) in [6, 6.07) is 6.85. The van der Waals surface area contributed by atoms with Gasteiger partial charge in [0, 0.05) is 0 Å². The predicted octanol–water partition coefficient (Wildman–Crippen LogP) is 2.89. The van der Waals surface area contributed by atoms with Crippen LogP contribution in [0.3, 0.4) is 0 Å². The van der Waals surface area contributed by atoms with E-state index in [9.17, 15) is 8.42 Å². The number of hydrogen-bond acceptors (Lipinski definition) is 3. The molecule has 0 spiro atoms. The second-order valence-corrected chi connectivity index (χ2v) is 7.15. The van der Waals surface area contributed by atoms with E-state index < -0.39 is 10.1 Å². The minimum absolute atomic E-state index is 0.0879. The van der Waals surface area contributed by atoms with Gasteiger partial charge in [-0.15, -0.1) is 0 Å². The summed E-state index contributed by atoms with van der Waals surface area (Å²) < 4.78 is 29.7. The lowest BCUT2D eigenvalue weighted by atomic mass is 9.98. The quantitative estimate of drug-likeness (QED) is 0.790. The van der Waals surface area contributed by atoms with Crippen LogP contribution in [0.2, 0.25) is 0 Å². The van der Waals surface area contributed by atoms with Gasteiger partial charge in [0.25, 0.3) is 10.1 Å². The molecule has 1 aromatic carbocycles. The van der Waals surface area contributed by atoms with Crippen LogP contribution in [0.5, 0.6) is 0 Å². The second-order valence-electron chi connectivity index (χ2n) is 5.58. The Kier molecular flexibility index (Phi) is 2.94. The Balaban J connectivity index is 1.77. The monoisotopic (exact) mass is 266 g/mol. The molecular formula is C14H18O3S. The summed E-state index contributed by atoms with van der Waals surface area (Å²) in [5.41, 5.74) is 1.05. The molecule has 0 aromatic heterocycles. The topological polar surface area (TPSA) is 43.4 Å². The van der Waals surface area contributed by atoms with E-state index in [0.717, 1.165) is 24.8 Å². The fraction of sp³-hybridized carbons (Fsp3) is 0.571. The number of rotatable bonds is 3. The number of hydrogen-bond donors (Lipinski definition) is 0. The van der Waals surface area contributed by atoms with Crippen molar-refractivity contribution < 1.29 is 12.6 Å². The van der Waals surface area contributed by atoms with Crippen LogP contribution < -0.4 is 0 Å². The van der Waals surface area contributed by atoms with E-state index >= 15 is 0 Å². The summed E-state index contributed by atoms with van der Waals surface area (Å²) >= 11 is 0. The Labute approximate surface area is 108 Å². The first-order valence-electron chi connectivity index (χ1n) is 6.54. The molecule has 18 heavy (non-hydrogen) atoms. The van der Waals surface area contributed by atoms with Crippen LogP contribution >= 0.6 is 0 Å². The van der Waals surface area contributed by atoms with Gasteiger partial charge >= 0.3 is 0 Å². The molecule has 3 rings (SSSR count). The van der Waals surface area contributed by atoms with Gasteiger partial charge in [-0.3, -0.25) is 4.18 Å². The molecule has 0 heterocycles. The smallest absolute Gasteiger partial charge is 0.263 e. The van der Waals surface area contributed by atoms with Crippen molar-refractivity contribution in [3.63, 3.8) is 0 Å². The number of fused-ring (bicyclic) bond motifs is 2. The molecule has 0 saturated heterocycles. The van der Waals surface area contributed by atoms with E-state index in [4.69, 9.17) is 4.18 Å². The van der Waals surface area contributed by atoms with Gasteiger partial charge in [-0.05, 0) is 56.6 Å². The van der Waals surface area contributed by atoms with Crippen LogP contribution in [0.1, 0.15) is 31.2 Å². The van der Waals surface area contributed by atoms with E-state index in [2.05, 4.69) is 0 Å². The molecule has 0 radical (unpaired) electrons. The van der Waals surface area contributed by atoms with Crippen molar-refractivity contribution in [2.75, 3.05) is 0 Å². The van der Waals surface area contributed by atoms with Crippen molar-refractivity contribution in [3.8, 4) is 0 Å². The van der Waals surface area contributed by atoms with Crippen LogP contribution in [-0.4, -0.2) is 14.5 Å². The molecule has 2 saturated carbocycles. The van der Waals surface area contributed by atoms with Crippen LogP contribution in [0.4, 0.5) is 0 Å².